The number of rotatable bonds is 10. The molecule has 4 aromatic rings. The van der Waals surface area contributed by atoms with Crippen LogP contribution in [0.3, 0.4) is 0 Å². The van der Waals surface area contributed by atoms with Crippen molar-refractivity contribution in [2.24, 2.45) is 5.92 Å². The van der Waals surface area contributed by atoms with E-state index in [1.54, 1.807) is 6.92 Å². The Kier molecular flexibility index (Phi) is 10.4. The smallest absolute Gasteiger partial charge is 0.429 e. The molecule has 47 heavy (non-hydrogen) atoms. The van der Waals surface area contributed by atoms with Gasteiger partial charge in [0, 0.05) is 22.8 Å². The van der Waals surface area contributed by atoms with Gasteiger partial charge in [0.1, 0.15) is 46.2 Å². The molecule has 0 aliphatic heterocycles. The lowest BCUT2D eigenvalue weighted by molar-refractivity contribution is -0.189. The Bertz CT molecular complexity index is 1730. The number of halogens is 8. The first-order chi connectivity index (χ1) is 22.4. The molecule has 1 aliphatic rings. The maximum Gasteiger partial charge on any atom is 0.432 e. The van der Waals surface area contributed by atoms with E-state index >= 15 is 26.3 Å². The number of hydrogen-bond acceptors (Lipinski definition) is 1. The lowest BCUT2D eigenvalue weighted by Crippen LogP contribution is -2.25. The summed E-state index contributed by atoms with van der Waals surface area (Å²) >= 11 is 0. The van der Waals surface area contributed by atoms with Gasteiger partial charge in [-0.1, -0.05) is 44.6 Å². The van der Waals surface area contributed by atoms with Gasteiger partial charge in [0.05, 0.1) is 0 Å². The molecule has 0 unspecified atom stereocenters. The van der Waals surface area contributed by atoms with Crippen LogP contribution in [0, 0.1) is 40.8 Å². The van der Waals surface area contributed by atoms with E-state index in [1.807, 2.05) is 6.92 Å². The monoisotopic (exact) mass is 658 g/mol. The third-order valence-electron chi connectivity index (χ3n) is 8.66. The Balaban J connectivity index is 1.32. The van der Waals surface area contributed by atoms with Crippen molar-refractivity contribution in [1.82, 2.24) is 0 Å². The number of ether oxygens (including phenoxy) is 1. The second kappa shape index (κ2) is 14.3. The van der Waals surface area contributed by atoms with Crippen molar-refractivity contribution in [3.8, 4) is 28.0 Å². The zero-order valence-corrected chi connectivity index (χ0v) is 26.0. The molecule has 1 aliphatic carbocycles. The number of benzene rings is 4. The van der Waals surface area contributed by atoms with Crippen LogP contribution in [0.5, 0.6) is 5.75 Å². The average Bonchev–Trinajstić information content (AvgIpc) is 3.01. The van der Waals surface area contributed by atoms with Crippen molar-refractivity contribution >= 4 is 0 Å². The van der Waals surface area contributed by atoms with Crippen LogP contribution in [-0.4, -0.2) is 0 Å². The van der Waals surface area contributed by atoms with E-state index in [2.05, 4.69) is 16.9 Å². The Morgan fingerprint density at radius 2 is 1.26 bits per heavy atom. The molecule has 0 saturated heterocycles. The van der Waals surface area contributed by atoms with Gasteiger partial charge in [-0.15, -0.1) is 0 Å². The summed E-state index contributed by atoms with van der Waals surface area (Å²) in [5.41, 5.74) is -1.74. The minimum Gasteiger partial charge on any atom is -0.429 e. The molecule has 0 amide bonds. The highest BCUT2D eigenvalue weighted by atomic mass is 19.3. The standard InChI is InChI=1S/C38H34F8O/c1-3-5-7-22-8-10-23(11-9-22)25-17-35(43)37(36(44)18-25)38(45,46)47-27-13-15-28(34(42)21-27)24-12-14-29(31(39)16-24)26-19-32(40)30(6-4-2)33(41)20-26/h5,7,12-23H,3-4,6,8-11H2,1-2H3/b7-5+. The summed E-state index contributed by atoms with van der Waals surface area (Å²) in [7, 11) is 0. The van der Waals surface area contributed by atoms with Gasteiger partial charge >= 0.3 is 6.11 Å². The third kappa shape index (κ3) is 7.55. The van der Waals surface area contributed by atoms with Crippen molar-refractivity contribution in [1.29, 1.82) is 0 Å². The van der Waals surface area contributed by atoms with E-state index in [0.29, 0.717) is 36.8 Å². The van der Waals surface area contributed by atoms with Crippen LogP contribution in [0.1, 0.15) is 75.0 Å². The van der Waals surface area contributed by atoms with Crippen molar-refractivity contribution in [3.63, 3.8) is 0 Å². The highest BCUT2D eigenvalue weighted by Gasteiger charge is 2.41. The molecular weight excluding hydrogens is 624 g/mol. The first kappa shape index (κ1) is 34.2. The molecule has 1 saturated carbocycles. The predicted octanol–water partition coefficient (Wildman–Crippen LogP) is 12.2. The molecule has 0 atom stereocenters. The van der Waals surface area contributed by atoms with E-state index < -0.39 is 52.3 Å². The third-order valence-corrected chi connectivity index (χ3v) is 8.66. The zero-order chi connectivity index (χ0) is 33.9. The second-order valence-corrected chi connectivity index (χ2v) is 11.9. The van der Waals surface area contributed by atoms with Crippen molar-refractivity contribution in [2.75, 3.05) is 0 Å². The number of alkyl halides is 2. The van der Waals surface area contributed by atoms with Gasteiger partial charge in [-0.25, -0.2) is 26.3 Å². The second-order valence-electron chi connectivity index (χ2n) is 11.9. The fourth-order valence-corrected chi connectivity index (χ4v) is 6.24. The van der Waals surface area contributed by atoms with Gasteiger partial charge in [0.2, 0.25) is 0 Å². The van der Waals surface area contributed by atoms with Crippen LogP contribution in [0.15, 0.2) is 72.8 Å². The van der Waals surface area contributed by atoms with E-state index in [0.717, 1.165) is 61.7 Å². The maximum atomic E-state index is 15.1. The van der Waals surface area contributed by atoms with E-state index in [9.17, 15) is 8.78 Å². The van der Waals surface area contributed by atoms with Crippen molar-refractivity contribution in [2.45, 2.75) is 70.8 Å². The van der Waals surface area contributed by atoms with Crippen LogP contribution < -0.4 is 4.74 Å². The topological polar surface area (TPSA) is 9.23 Å². The Hall–Kier alpha value is -4.14. The van der Waals surface area contributed by atoms with E-state index in [-0.39, 0.29) is 40.2 Å². The lowest BCUT2D eigenvalue weighted by atomic mass is 9.78. The summed E-state index contributed by atoms with van der Waals surface area (Å²) in [5.74, 6) is -7.02. The zero-order valence-electron chi connectivity index (χ0n) is 26.0. The molecule has 0 spiro atoms. The molecule has 0 radical (unpaired) electrons. The van der Waals surface area contributed by atoms with Crippen LogP contribution in [0.25, 0.3) is 22.3 Å². The van der Waals surface area contributed by atoms with Gasteiger partial charge in [-0.3, -0.25) is 0 Å². The van der Waals surface area contributed by atoms with Gasteiger partial charge in [-0.2, -0.15) is 8.78 Å². The quantitative estimate of drug-likeness (QED) is 0.122. The summed E-state index contributed by atoms with van der Waals surface area (Å²) in [6.45, 7) is 3.80. The molecule has 0 bridgehead atoms. The highest BCUT2D eigenvalue weighted by molar-refractivity contribution is 5.72. The summed E-state index contributed by atoms with van der Waals surface area (Å²) in [6.07, 6.45) is 4.37. The predicted molar refractivity (Wildman–Crippen MR) is 166 cm³/mol. The Labute approximate surface area is 268 Å². The van der Waals surface area contributed by atoms with Crippen LogP contribution in [0.4, 0.5) is 35.1 Å². The maximum absolute atomic E-state index is 15.1. The summed E-state index contributed by atoms with van der Waals surface area (Å²) in [5, 5.41) is 0. The minimum atomic E-state index is -4.48. The summed E-state index contributed by atoms with van der Waals surface area (Å²) in [6, 6.07) is 9.95. The Morgan fingerprint density at radius 1 is 0.681 bits per heavy atom. The van der Waals surface area contributed by atoms with Gasteiger partial charge in [-0.05, 0) is 110 Å². The van der Waals surface area contributed by atoms with Crippen LogP contribution in [0.2, 0.25) is 0 Å². The number of allylic oxidation sites excluding steroid dienone is 2. The average molecular weight is 659 g/mol. The first-order valence-electron chi connectivity index (χ1n) is 15.7. The molecule has 4 aromatic carbocycles. The van der Waals surface area contributed by atoms with Crippen molar-refractivity contribution in [3.05, 3.63) is 124 Å². The largest absolute Gasteiger partial charge is 0.432 e. The van der Waals surface area contributed by atoms with Gasteiger partial charge < -0.3 is 4.74 Å². The molecule has 1 fully saturated rings. The summed E-state index contributed by atoms with van der Waals surface area (Å²) < 4.78 is 124. The first-order valence-corrected chi connectivity index (χ1v) is 15.7. The highest BCUT2D eigenvalue weighted by Crippen LogP contribution is 2.41. The normalized spacial score (nSPS) is 17.0. The fourth-order valence-electron chi connectivity index (χ4n) is 6.24. The van der Waals surface area contributed by atoms with E-state index in [4.69, 9.17) is 0 Å². The number of hydrogen-bond donors (Lipinski definition) is 0. The van der Waals surface area contributed by atoms with Crippen LogP contribution in [-0.2, 0) is 12.5 Å². The molecule has 0 N–H and O–H groups in total. The van der Waals surface area contributed by atoms with Gasteiger partial charge in [0.15, 0.2) is 0 Å². The van der Waals surface area contributed by atoms with Crippen LogP contribution >= 0.6 is 0 Å². The molecule has 0 heterocycles. The molecule has 0 aromatic heterocycles. The molecule has 5 rings (SSSR count). The Morgan fingerprint density at radius 3 is 1.83 bits per heavy atom. The lowest BCUT2D eigenvalue weighted by Gasteiger charge is -2.28. The molecule has 9 heteroatoms. The molecular formula is C38H34F8O. The minimum absolute atomic E-state index is 0.00806. The SMILES string of the molecule is CC/C=C/C1CCC(c2cc(F)c(C(F)(F)Oc3ccc(-c4ccc(-c5cc(F)c(CCC)c(F)c5)c(F)c4)c(F)c3)c(F)c2)CC1. The van der Waals surface area contributed by atoms with Gasteiger partial charge in [0.25, 0.3) is 0 Å². The molecule has 1 nitrogen and oxygen atoms in total. The molecule has 248 valence electrons. The van der Waals surface area contributed by atoms with Crippen molar-refractivity contribution < 1.29 is 39.9 Å². The van der Waals surface area contributed by atoms with E-state index in [1.165, 1.54) is 12.1 Å². The fraction of sp³-hybridized carbons (Fsp3) is 0.316. The summed E-state index contributed by atoms with van der Waals surface area (Å²) in [4.78, 5) is 0.